The molecule has 0 aromatic heterocycles. The molecule has 0 aliphatic rings. The fraction of sp³-hybridized carbons (Fsp3) is 0. The van der Waals surface area contributed by atoms with Gasteiger partial charge >= 0.3 is 0 Å². The molecule has 210 valence electrons. The number of hydrogen-bond acceptors (Lipinski definition) is 2. The highest BCUT2D eigenvalue weighted by Gasteiger charge is 2.28. The molecule has 0 saturated carbocycles. The van der Waals surface area contributed by atoms with Crippen molar-refractivity contribution in [2.45, 2.75) is 0 Å². The molecule has 0 radical (unpaired) electrons. The Morgan fingerprint density at radius 2 is 0.386 bits per heavy atom. The molecule has 0 aliphatic heterocycles. The minimum Gasteiger partial charge on any atom is -0.399 e. The normalized spacial score (nSPS) is 10.9. The van der Waals surface area contributed by atoms with Crippen LogP contribution in [-0.4, -0.2) is 0 Å². The monoisotopic (exact) mass is 564 g/mol. The van der Waals surface area contributed by atoms with Crippen LogP contribution < -0.4 is 11.5 Å². The Morgan fingerprint density at radius 1 is 0.205 bits per heavy atom. The first kappa shape index (κ1) is 27.0. The Bertz CT molecular complexity index is 1760. The molecule has 0 aliphatic carbocycles. The number of nitrogen functional groups attached to an aromatic ring is 2. The first-order chi connectivity index (χ1) is 21.7. The summed E-state index contributed by atoms with van der Waals surface area (Å²) >= 11 is 0. The molecular formula is C42H32N2. The van der Waals surface area contributed by atoms with E-state index >= 15 is 0 Å². The van der Waals surface area contributed by atoms with E-state index in [1.54, 1.807) is 0 Å². The van der Waals surface area contributed by atoms with Crippen LogP contribution in [0.25, 0.3) is 66.8 Å². The van der Waals surface area contributed by atoms with Crippen molar-refractivity contribution in [3.8, 4) is 66.8 Å². The van der Waals surface area contributed by atoms with Crippen molar-refractivity contribution in [1.29, 1.82) is 0 Å². The van der Waals surface area contributed by atoms with Gasteiger partial charge in [-0.2, -0.15) is 0 Å². The Balaban J connectivity index is 1.81. The van der Waals surface area contributed by atoms with Crippen LogP contribution in [0.1, 0.15) is 0 Å². The molecule has 0 unspecified atom stereocenters. The molecule has 0 spiro atoms. The topological polar surface area (TPSA) is 52.0 Å². The van der Waals surface area contributed by atoms with E-state index < -0.39 is 0 Å². The van der Waals surface area contributed by atoms with Crippen LogP contribution >= 0.6 is 0 Å². The molecule has 0 bridgehead atoms. The molecule has 7 aromatic carbocycles. The van der Waals surface area contributed by atoms with E-state index in [1.807, 2.05) is 24.3 Å². The van der Waals surface area contributed by atoms with Gasteiger partial charge in [-0.05, 0) is 91.0 Å². The molecule has 0 atom stereocenters. The van der Waals surface area contributed by atoms with Crippen molar-refractivity contribution < 1.29 is 0 Å². The fourth-order valence-electron chi connectivity index (χ4n) is 6.20. The summed E-state index contributed by atoms with van der Waals surface area (Å²) in [7, 11) is 0. The third-order valence-electron chi connectivity index (χ3n) is 8.15. The van der Waals surface area contributed by atoms with Gasteiger partial charge in [-0.3, -0.25) is 0 Å². The van der Waals surface area contributed by atoms with Crippen molar-refractivity contribution in [2.75, 3.05) is 11.5 Å². The molecule has 0 heterocycles. The second-order valence-electron chi connectivity index (χ2n) is 11.0. The lowest BCUT2D eigenvalue weighted by atomic mass is 9.74. The maximum atomic E-state index is 6.25. The molecule has 2 nitrogen and oxygen atoms in total. The van der Waals surface area contributed by atoms with E-state index in [-0.39, 0.29) is 0 Å². The molecule has 0 saturated heterocycles. The van der Waals surface area contributed by atoms with E-state index in [9.17, 15) is 0 Å². The summed E-state index contributed by atoms with van der Waals surface area (Å²) in [4.78, 5) is 0. The zero-order chi connectivity index (χ0) is 29.9. The van der Waals surface area contributed by atoms with E-state index in [2.05, 4.69) is 146 Å². The lowest BCUT2D eigenvalue weighted by molar-refractivity contribution is 1.51. The van der Waals surface area contributed by atoms with Gasteiger partial charge in [-0.15, -0.1) is 0 Å². The summed E-state index contributed by atoms with van der Waals surface area (Å²) in [5, 5.41) is 0. The maximum absolute atomic E-state index is 6.25. The van der Waals surface area contributed by atoms with Crippen molar-refractivity contribution >= 4 is 11.4 Å². The van der Waals surface area contributed by atoms with Crippen LogP contribution in [0.4, 0.5) is 11.4 Å². The van der Waals surface area contributed by atoms with Crippen molar-refractivity contribution in [2.24, 2.45) is 0 Å². The molecule has 4 N–H and O–H groups in total. The molecule has 7 rings (SSSR count). The SMILES string of the molecule is Nc1ccc(-c2c(-c3ccccc3)c(-c3ccccc3)c(-c3ccc(N)cc3)c(-c3ccccc3)c2-c2ccccc2)cc1. The largest absolute Gasteiger partial charge is 0.399 e. The Morgan fingerprint density at radius 3 is 0.591 bits per heavy atom. The molecular weight excluding hydrogens is 532 g/mol. The lowest BCUT2D eigenvalue weighted by Gasteiger charge is -2.28. The predicted octanol–water partition coefficient (Wildman–Crippen LogP) is 10.9. The summed E-state index contributed by atoms with van der Waals surface area (Å²) in [6.45, 7) is 0. The highest BCUT2D eigenvalue weighted by atomic mass is 14.5. The zero-order valence-electron chi connectivity index (χ0n) is 24.3. The van der Waals surface area contributed by atoms with Crippen LogP contribution in [0.5, 0.6) is 0 Å². The van der Waals surface area contributed by atoms with Crippen LogP contribution in [0.3, 0.4) is 0 Å². The molecule has 7 aromatic rings. The second kappa shape index (κ2) is 11.8. The summed E-state index contributed by atoms with van der Waals surface area (Å²) in [6, 6.07) is 59.5. The van der Waals surface area contributed by atoms with Gasteiger partial charge in [0, 0.05) is 11.4 Å². The fourth-order valence-corrected chi connectivity index (χ4v) is 6.20. The van der Waals surface area contributed by atoms with Crippen LogP contribution in [-0.2, 0) is 0 Å². The Labute approximate surface area is 258 Å². The minimum absolute atomic E-state index is 0.737. The van der Waals surface area contributed by atoms with E-state index in [0.717, 1.165) is 44.8 Å². The maximum Gasteiger partial charge on any atom is 0.0314 e. The lowest BCUT2D eigenvalue weighted by Crippen LogP contribution is -2.02. The molecule has 0 fully saturated rings. The highest BCUT2D eigenvalue weighted by molar-refractivity contribution is 6.15. The number of benzene rings is 7. The third kappa shape index (κ3) is 5.04. The number of hydrogen-bond donors (Lipinski definition) is 2. The number of anilines is 2. The summed E-state index contributed by atoms with van der Waals surface area (Å²) in [5.74, 6) is 0. The minimum atomic E-state index is 0.737. The van der Waals surface area contributed by atoms with Gasteiger partial charge in [0.25, 0.3) is 0 Å². The zero-order valence-corrected chi connectivity index (χ0v) is 24.3. The van der Waals surface area contributed by atoms with E-state index in [1.165, 1.54) is 33.4 Å². The molecule has 0 amide bonds. The van der Waals surface area contributed by atoms with E-state index in [0.29, 0.717) is 0 Å². The van der Waals surface area contributed by atoms with Gasteiger partial charge in [0.05, 0.1) is 0 Å². The predicted molar refractivity (Wildman–Crippen MR) is 188 cm³/mol. The van der Waals surface area contributed by atoms with Gasteiger partial charge in [0.2, 0.25) is 0 Å². The average molecular weight is 565 g/mol. The Kier molecular flexibility index (Phi) is 7.24. The van der Waals surface area contributed by atoms with Crippen LogP contribution in [0.15, 0.2) is 170 Å². The van der Waals surface area contributed by atoms with Crippen LogP contribution in [0, 0.1) is 0 Å². The number of rotatable bonds is 6. The first-order valence-electron chi connectivity index (χ1n) is 14.9. The highest BCUT2D eigenvalue weighted by Crippen LogP contribution is 2.55. The summed E-state index contributed by atoms with van der Waals surface area (Å²) in [5.41, 5.74) is 27.8. The first-order valence-corrected chi connectivity index (χ1v) is 14.9. The van der Waals surface area contributed by atoms with Crippen molar-refractivity contribution in [3.05, 3.63) is 170 Å². The van der Waals surface area contributed by atoms with Crippen molar-refractivity contribution in [1.82, 2.24) is 0 Å². The van der Waals surface area contributed by atoms with E-state index in [4.69, 9.17) is 11.5 Å². The van der Waals surface area contributed by atoms with Gasteiger partial charge in [0.1, 0.15) is 0 Å². The standard InChI is InChI=1S/C42H32N2/c43-35-25-21-33(22-26-35)41-37(29-13-5-1-6-14-29)38(30-15-7-2-8-16-30)42(34-23-27-36(44)28-24-34)40(32-19-11-4-12-20-32)39(41)31-17-9-3-10-18-31/h1-28H,43-44H2. The summed E-state index contributed by atoms with van der Waals surface area (Å²) in [6.07, 6.45) is 0. The second-order valence-corrected chi connectivity index (χ2v) is 11.0. The summed E-state index contributed by atoms with van der Waals surface area (Å²) < 4.78 is 0. The molecule has 44 heavy (non-hydrogen) atoms. The Hall–Kier alpha value is -5.86. The number of nitrogens with two attached hydrogens (primary N) is 2. The van der Waals surface area contributed by atoms with Gasteiger partial charge in [-0.25, -0.2) is 0 Å². The quantitative estimate of drug-likeness (QED) is 0.197. The van der Waals surface area contributed by atoms with Gasteiger partial charge in [0.15, 0.2) is 0 Å². The van der Waals surface area contributed by atoms with Crippen LogP contribution in [0.2, 0.25) is 0 Å². The van der Waals surface area contributed by atoms with Gasteiger partial charge in [-0.1, -0.05) is 146 Å². The van der Waals surface area contributed by atoms with Gasteiger partial charge < -0.3 is 11.5 Å². The smallest absolute Gasteiger partial charge is 0.0314 e. The third-order valence-corrected chi connectivity index (χ3v) is 8.15. The average Bonchev–Trinajstić information content (AvgIpc) is 3.09. The molecule has 2 heteroatoms. The van der Waals surface area contributed by atoms with Crippen molar-refractivity contribution in [3.63, 3.8) is 0 Å².